The van der Waals surface area contributed by atoms with Crippen molar-refractivity contribution in [3.05, 3.63) is 59.9 Å². The van der Waals surface area contributed by atoms with Crippen molar-refractivity contribution in [1.29, 1.82) is 0 Å². The number of aliphatic hydroxyl groups excluding tert-OH is 1. The zero-order valence-corrected chi connectivity index (χ0v) is 10.0. The fourth-order valence-corrected chi connectivity index (χ4v) is 1.99. The molecular weight excluding hydrogens is 210 g/mol. The topological polar surface area (TPSA) is 25.2 Å². The molecule has 17 heavy (non-hydrogen) atoms. The molecule has 2 nitrogen and oxygen atoms in total. The molecule has 0 amide bonds. The van der Waals surface area contributed by atoms with Gasteiger partial charge in [-0.1, -0.05) is 30.3 Å². The fraction of sp³-hybridized carbons (Fsp3) is 0.333. The molecule has 1 heterocycles. The first kappa shape index (κ1) is 11.9. The maximum absolute atomic E-state index is 8.96. The summed E-state index contributed by atoms with van der Waals surface area (Å²) >= 11 is 0. The quantitative estimate of drug-likeness (QED) is 0.757. The second-order valence-electron chi connectivity index (χ2n) is 4.36. The van der Waals surface area contributed by atoms with Crippen LogP contribution in [0.2, 0.25) is 0 Å². The van der Waals surface area contributed by atoms with Crippen LogP contribution in [0.25, 0.3) is 0 Å². The summed E-state index contributed by atoms with van der Waals surface area (Å²) in [7, 11) is 0. The third-order valence-electron chi connectivity index (χ3n) is 2.97. The van der Waals surface area contributed by atoms with E-state index in [1.165, 1.54) is 18.4 Å². The van der Waals surface area contributed by atoms with Gasteiger partial charge in [-0.3, -0.25) is 0 Å². The van der Waals surface area contributed by atoms with Gasteiger partial charge in [0.15, 0.2) is 0 Å². The Morgan fingerprint density at radius 3 is 2.47 bits per heavy atom. The van der Waals surface area contributed by atoms with E-state index in [9.17, 15) is 0 Å². The molecule has 0 radical (unpaired) electrons. The largest absolute Gasteiger partial charge is 0.392 e. The third kappa shape index (κ3) is 3.75. The van der Waals surface area contributed by atoms with Crippen LogP contribution in [-0.4, -0.2) is 9.67 Å². The lowest BCUT2D eigenvalue weighted by atomic mass is 10.1. The fourth-order valence-electron chi connectivity index (χ4n) is 1.99. The van der Waals surface area contributed by atoms with E-state index in [0.717, 1.165) is 18.5 Å². The Morgan fingerprint density at radius 2 is 1.76 bits per heavy atom. The van der Waals surface area contributed by atoms with Gasteiger partial charge in [0.1, 0.15) is 0 Å². The second-order valence-corrected chi connectivity index (χ2v) is 4.36. The highest BCUT2D eigenvalue weighted by Crippen LogP contribution is 2.07. The number of unbranched alkanes of at least 4 members (excludes halogenated alkanes) is 1. The summed E-state index contributed by atoms with van der Waals surface area (Å²) in [5.74, 6) is 0. The molecule has 2 rings (SSSR count). The summed E-state index contributed by atoms with van der Waals surface area (Å²) in [6.45, 7) is 1.17. The second kappa shape index (κ2) is 6.26. The minimum Gasteiger partial charge on any atom is -0.392 e. The number of aromatic nitrogens is 1. The molecule has 0 saturated heterocycles. The summed E-state index contributed by atoms with van der Waals surface area (Å²) in [4.78, 5) is 0. The molecule has 2 heteroatoms. The molecule has 1 N–H and O–H groups in total. The van der Waals surface area contributed by atoms with E-state index in [0.29, 0.717) is 0 Å². The maximum atomic E-state index is 8.96. The minimum atomic E-state index is 0.136. The molecule has 0 fully saturated rings. The summed E-state index contributed by atoms with van der Waals surface area (Å²) in [6.07, 6.45) is 7.58. The van der Waals surface area contributed by atoms with Crippen LogP contribution in [0.1, 0.15) is 24.0 Å². The molecule has 0 unspecified atom stereocenters. The first-order valence-corrected chi connectivity index (χ1v) is 6.18. The number of rotatable bonds is 6. The van der Waals surface area contributed by atoms with Crippen LogP contribution in [0.3, 0.4) is 0 Å². The molecule has 0 atom stereocenters. The van der Waals surface area contributed by atoms with Crippen LogP contribution in [0, 0.1) is 0 Å². The van der Waals surface area contributed by atoms with E-state index in [1.54, 1.807) is 0 Å². The lowest BCUT2D eigenvalue weighted by Crippen LogP contribution is -1.95. The Labute approximate surface area is 103 Å². The molecule has 0 aliphatic carbocycles. The molecule has 0 aliphatic rings. The normalized spacial score (nSPS) is 10.6. The van der Waals surface area contributed by atoms with Gasteiger partial charge in [-0.2, -0.15) is 0 Å². The van der Waals surface area contributed by atoms with Crippen LogP contribution in [-0.2, 0) is 19.6 Å². The smallest absolute Gasteiger partial charge is 0.0696 e. The molecule has 90 valence electrons. The number of hydrogen-bond donors (Lipinski definition) is 1. The maximum Gasteiger partial charge on any atom is 0.0696 e. The SMILES string of the molecule is OCc1ccn(CCCCc2ccccc2)c1. The Balaban J connectivity index is 1.69. The van der Waals surface area contributed by atoms with Crippen molar-refractivity contribution in [2.75, 3.05) is 0 Å². The van der Waals surface area contributed by atoms with Gasteiger partial charge >= 0.3 is 0 Å². The van der Waals surface area contributed by atoms with Crippen LogP contribution in [0.15, 0.2) is 48.8 Å². The number of aryl methyl sites for hydroxylation is 2. The number of hydrogen-bond acceptors (Lipinski definition) is 1. The summed E-state index contributed by atoms with van der Waals surface area (Å²) in [6, 6.07) is 12.6. The Morgan fingerprint density at radius 1 is 0.941 bits per heavy atom. The molecular formula is C15H19NO. The van der Waals surface area contributed by atoms with Gasteiger partial charge in [-0.25, -0.2) is 0 Å². The van der Waals surface area contributed by atoms with Gasteiger partial charge in [0.2, 0.25) is 0 Å². The number of aliphatic hydroxyl groups is 1. The van der Waals surface area contributed by atoms with Gasteiger partial charge in [0.05, 0.1) is 6.61 Å². The highest BCUT2D eigenvalue weighted by Gasteiger charge is 1.96. The lowest BCUT2D eigenvalue weighted by Gasteiger charge is -2.03. The van der Waals surface area contributed by atoms with Crippen LogP contribution in [0.4, 0.5) is 0 Å². The first-order valence-electron chi connectivity index (χ1n) is 6.18. The Kier molecular flexibility index (Phi) is 4.39. The van der Waals surface area contributed by atoms with Crippen molar-refractivity contribution in [3.8, 4) is 0 Å². The molecule has 0 spiro atoms. The zero-order valence-electron chi connectivity index (χ0n) is 10.0. The Hall–Kier alpha value is -1.54. The van der Waals surface area contributed by atoms with Crippen LogP contribution in [0.5, 0.6) is 0 Å². The van der Waals surface area contributed by atoms with E-state index in [2.05, 4.69) is 34.9 Å². The van der Waals surface area contributed by atoms with Crippen molar-refractivity contribution in [1.82, 2.24) is 4.57 Å². The van der Waals surface area contributed by atoms with Gasteiger partial charge < -0.3 is 9.67 Å². The first-order chi connectivity index (χ1) is 8.38. The minimum absolute atomic E-state index is 0.136. The standard InChI is InChI=1S/C15H19NO/c17-13-15-9-11-16(12-15)10-5-4-8-14-6-2-1-3-7-14/h1-3,6-7,9,11-12,17H,4-5,8,10,13H2. The molecule has 1 aromatic carbocycles. The average molecular weight is 229 g/mol. The monoisotopic (exact) mass is 229 g/mol. The molecule has 0 bridgehead atoms. The van der Waals surface area contributed by atoms with Gasteiger partial charge in [0, 0.05) is 18.9 Å². The third-order valence-corrected chi connectivity index (χ3v) is 2.97. The predicted molar refractivity (Wildman–Crippen MR) is 69.7 cm³/mol. The van der Waals surface area contributed by atoms with E-state index < -0.39 is 0 Å². The summed E-state index contributed by atoms with van der Waals surface area (Å²) in [5, 5.41) is 8.96. The highest BCUT2D eigenvalue weighted by atomic mass is 16.3. The molecule has 0 aliphatic heterocycles. The summed E-state index contributed by atoms with van der Waals surface area (Å²) < 4.78 is 2.15. The van der Waals surface area contributed by atoms with Crippen LogP contribution >= 0.6 is 0 Å². The number of benzene rings is 1. The van der Waals surface area contributed by atoms with Gasteiger partial charge in [0.25, 0.3) is 0 Å². The van der Waals surface area contributed by atoms with E-state index in [-0.39, 0.29) is 6.61 Å². The van der Waals surface area contributed by atoms with E-state index >= 15 is 0 Å². The Bertz CT molecular complexity index is 433. The highest BCUT2D eigenvalue weighted by molar-refractivity contribution is 5.14. The number of nitrogens with zero attached hydrogens (tertiary/aromatic N) is 1. The van der Waals surface area contributed by atoms with Gasteiger partial charge in [-0.15, -0.1) is 0 Å². The van der Waals surface area contributed by atoms with Crippen LogP contribution < -0.4 is 0 Å². The zero-order chi connectivity index (χ0) is 11.9. The van der Waals surface area contributed by atoms with Crippen molar-refractivity contribution < 1.29 is 5.11 Å². The molecule has 2 aromatic rings. The van der Waals surface area contributed by atoms with E-state index in [4.69, 9.17) is 5.11 Å². The van der Waals surface area contributed by atoms with E-state index in [1.807, 2.05) is 18.5 Å². The van der Waals surface area contributed by atoms with Crippen molar-refractivity contribution >= 4 is 0 Å². The average Bonchev–Trinajstić information content (AvgIpc) is 2.84. The van der Waals surface area contributed by atoms with Crippen molar-refractivity contribution in [3.63, 3.8) is 0 Å². The summed E-state index contributed by atoms with van der Waals surface area (Å²) in [5.41, 5.74) is 2.41. The molecule has 1 aromatic heterocycles. The predicted octanol–water partition coefficient (Wildman–Crippen LogP) is 3.00. The van der Waals surface area contributed by atoms with Crippen molar-refractivity contribution in [2.24, 2.45) is 0 Å². The van der Waals surface area contributed by atoms with Crippen molar-refractivity contribution in [2.45, 2.75) is 32.4 Å². The lowest BCUT2D eigenvalue weighted by molar-refractivity contribution is 0.281. The molecule has 0 saturated carbocycles. The van der Waals surface area contributed by atoms with Gasteiger partial charge in [-0.05, 0) is 36.5 Å².